The van der Waals surface area contributed by atoms with Crippen LogP contribution in [-0.2, 0) is 5.41 Å². The van der Waals surface area contributed by atoms with Gasteiger partial charge in [0.2, 0.25) is 0 Å². The summed E-state index contributed by atoms with van der Waals surface area (Å²) in [7, 11) is 0. The lowest BCUT2D eigenvalue weighted by molar-refractivity contribution is 0.205. The van der Waals surface area contributed by atoms with Gasteiger partial charge in [-0.3, -0.25) is 4.98 Å². The first-order valence-corrected chi connectivity index (χ1v) is 7.10. The number of halogens is 1. The largest absolute Gasteiger partial charge is 0.480 e. The molecular weight excluding hydrogens is 267 g/mol. The molecule has 1 atom stereocenters. The van der Waals surface area contributed by atoms with Crippen molar-refractivity contribution >= 4 is 5.69 Å². The molecule has 0 bridgehead atoms. The molecule has 1 aromatic carbocycles. The third kappa shape index (κ3) is 2.84. The summed E-state index contributed by atoms with van der Waals surface area (Å²) < 4.78 is 18.9. The van der Waals surface area contributed by atoms with Crippen LogP contribution < -0.4 is 10.1 Å². The smallest absolute Gasteiger partial charge is 0.158 e. The zero-order chi connectivity index (χ0) is 15.0. The number of pyridine rings is 1. The molecule has 3 nitrogen and oxygen atoms in total. The maximum absolute atomic E-state index is 12.9. The maximum atomic E-state index is 12.9. The van der Waals surface area contributed by atoms with Gasteiger partial charge in [-0.2, -0.15) is 0 Å². The van der Waals surface area contributed by atoms with E-state index in [0.717, 1.165) is 17.1 Å². The highest BCUT2D eigenvalue weighted by atomic mass is 19.1. The van der Waals surface area contributed by atoms with Gasteiger partial charge in [-0.25, -0.2) is 4.39 Å². The molecule has 0 aliphatic carbocycles. The Labute approximate surface area is 124 Å². The molecule has 2 aromatic rings. The van der Waals surface area contributed by atoms with Crippen molar-refractivity contribution in [1.29, 1.82) is 0 Å². The second kappa shape index (κ2) is 5.02. The molecule has 0 spiro atoms. The molecule has 1 N–H and O–H groups in total. The number of hydrogen-bond acceptors (Lipinski definition) is 3. The Balaban J connectivity index is 1.85. The normalized spacial score (nSPS) is 17.6. The Morgan fingerprint density at radius 1 is 1.24 bits per heavy atom. The highest BCUT2D eigenvalue weighted by molar-refractivity contribution is 5.60. The van der Waals surface area contributed by atoms with E-state index in [9.17, 15) is 4.39 Å². The first kappa shape index (κ1) is 13.9. The number of rotatable bonds is 1. The SMILES string of the molecule is CC(C)(C)c1ccc2c(c1)NCC(c1ccc(F)cn1)O2. The summed E-state index contributed by atoms with van der Waals surface area (Å²) in [5, 5.41) is 3.38. The van der Waals surface area contributed by atoms with Gasteiger partial charge in [-0.05, 0) is 35.2 Å². The molecule has 0 saturated heterocycles. The molecule has 1 aliphatic heterocycles. The van der Waals surface area contributed by atoms with Gasteiger partial charge in [0.15, 0.2) is 6.10 Å². The van der Waals surface area contributed by atoms with Gasteiger partial charge < -0.3 is 10.1 Å². The summed E-state index contributed by atoms with van der Waals surface area (Å²) in [6.07, 6.45) is 1.02. The molecule has 4 heteroatoms. The van der Waals surface area contributed by atoms with Crippen LogP contribution in [0.4, 0.5) is 10.1 Å². The minimum Gasteiger partial charge on any atom is -0.480 e. The average molecular weight is 286 g/mol. The first-order valence-electron chi connectivity index (χ1n) is 7.10. The first-order chi connectivity index (χ1) is 9.93. The standard InChI is InChI=1S/C17H19FN2O/c1-17(2,3)11-4-7-15-14(8-11)20-10-16(21-15)13-6-5-12(18)9-19-13/h4-9,16,20H,10H2,1-3H3. The Morgan fingerprint density at radius 2 is 2.05 bits per heavy atom. The molecule has 0 amide bonds. The monoisotopic (exact) mass is 286 g/mol. The van der Waals surface area contributed by atoms with Crippen LogP contribution in [0, 0.1) is 5.82 Å². The number of aromatic nitrogens is 1. The van der Waals surface area contributed by atoms with Crippen molar-refractivity contribution in [3.63, 3.8) is 0 Å². The molecule has 110 valence electrons. The molecule has 1 aromatic heterocycles. The number of fused-ring (bicyclic) bond motifs is 1. The van der Waals surface area contributed by atoms with E-state index in [-0.39, 0.29) is 17.3 Å². The van der Waals surface area contributed by atoms with E-state index in [1.165, 1.54) is 17.8 Å². The van der Waals surface area contributed by atoms with Crippen LogP contribution in [0.2, 0.25) is 0 Å². The quantitative estimate of drug-likeness (QED) is 0.858. The summed E-state index contributed by atoms with van der Waals surface area (Å²) in [4.78, 5) is 4.09. The van der Waals surface area contributed by atoms with Crippen molar-refractivity contribution in [2.24, 2.45) is 0 Å². The van der Waals surface area contributed by atoms with E-state index in [0.29, 0.717) is 6.54 Å². The van der Waals surface area contributed by atoms with Crippen molar-refractivity contribution in [2.75, 3.05) is 11.9 Å². The van der Waals surface area contributed by atoms with Crippen molar-refractivity contribution in [1.82, 2.24) is 4.98 Å². The maximum Gasteiger partial charge on any atom is 0.158 e. The molecule has 1 aliphatic rings. The average Bonchev–Trinajstić information content (AvgIpc) is 2.46. The molecule has 0 radical (unpaired) electrons. The lowest BCUT2D eigenvalue weighted by Crippen LogP contribution is -2.25. The number of nitrogens with zero attached hydrogens (tertiary/aromatic N) is 1. The van der Waals surface area contributed by atoms with E-state index in [1.54, 1.807) is 6.07 Å². The third-order valence-corrected chi connectivity index (χ3v) is 3.67. The minimum atomic E-state index is -0.335. The van der Waals surface area contributed by atoms with Gasteiger partial charge in [-0.1, -0.05) is 26.8 Å². The Bertz CT molecular complexity index is 647. The van der Waals surface area contributed by atoms with Gasteiger partial charge >= 0.3 is 0 Å². The molecule has 2 heterocycles. The number of nitrogens with one attached hydrogen (secondary N) is 1. The van der Waals surface area contributed by atoms with Crippen LogP contribution in [0.15, 0.2) is 36.5 Å². The van der Waals surface area contributed by atoms with E-state index in [1.807, 2.05) is 6.07 Å². The van der Waals surface area contributed by atoms with Gasteiger partial charge in [0.1, 0.15) is 11.6 Å². The predicted molar refractivity (Wildman–Crippen MR) is 81.2 cm³/mol. The Morgan fingerprint density at radius 3 is 2.71 bits per heavy atom. The fourth-order valence-electron chi connectivity index (χ4n) is 2.38. The Kier molecular flexibility index (Phi) is 3.32. The number of anilines is 1. The zero-order valence-electron chi connectivity index (χ0n) is 12.5. The molecule has 0 saturated carbocycles. The number of benzene rings is 1. The van der Waals surface area contributed by atoms with E-state index in [4.69, 9.17) is 4.74 Å². The summed E-state index contributed by atoms with van der Waals surface area (Å²) in [5.74, 6) is 0.475. The summed E-state index contributed by atoms with van der Waals surface area (Å²) in [6.45, 7) is 7.18. The summed E-state index contributed by atoms with van der Waals surface area (Å²) in [6, 6.07) is 9.27. The van der Waals surface area contributed by atoms with Crippen LogP contribution in [0.5, 0.6) is 5.75 Å². The van der Waals surface area contributed by atoms with Crippen LogP contribution in [0.25, 0.3) is 0 Å². The van der Waals surface area contributed by atoms with Gasteiger partial charge in [-0.15, -0.1) is 0 Å². The van der Waals surface area contributed by atoms with E-state index < -0.39 is 0 Å². The molecule has 1 unspecified atom stereocenters. The van der Waals surface area contributed by atoms with Gasteiger partial charge in [0.05, 0.1) is 24.1 Å². The highest BCUT2D eigenvalue weighted by Gasteiger charge is 2.24. The second-order valence-electron chi connectivity index (χ2n) is 6.35. The summed E-state index contributed by atoms with van der Waals surface area (Å²) >= 11 is 0. The third-order valence-electron chi connectivity index (χ3n) is 3.67. The number of ether oxygens (including phenoxy) is 1. The predicted octanol–water partition coefficient (Wildman–Crippen LogP) is 4.06. The van der Waals surface area contributed by atoms with E-state index >= 15 is 0 Å². The minimum absolute atomic E-state index is 0.103. The lowest BCUT2D eigenvalue weighted by atomic mass is 9.86. The van der Waals surface area contributed by atoms with Crippen LogP contribution in [0.3, 0.4) is 0 Å². The van der Waals surface area contributed by atoms with Gasteiger partial charge in [0, 0.05) is 0 Å². The molecular formula is C17H19FN2O. The molecule has 21 heavy (non-hydrogen) atoms. The highest BCUT2D eigenvalue weighted by Crippen LogP contribution is 2.36. The van der Waals surface area contributed by atoms with Crippen LogP contribution in [0.1, 0.15) is 38.1 Å². The van der Waals surface area contributed by atoms with Crippen molar-refractivity contribution in [3.8, 4) is 5.75 Å². The van der Waals surface area contributed by atoms with Crippen molar-refractivity contribution in [2.45, 2.75) is 32.3 Å². The van der Waals surface area contributed by atoms with Crippen LogP contribution in [-0.4, -0.2) is 11.5 Å². The molecule has 3 rings (SSSR count). The fourth-order valence-corrected chi connectivity index (χ4v) is 2.38. The van der Waals surface area contributed by atoms with Crippen LogP contribution >= 0.6 is 0 Å². The zero-order valence-corrected chi connectivity index (χ0v) is 12.5. The fraction of sp³-hybridized carbons (Fsp3) is 0.353. The van der Waals surface area contributed by atoms with Crippen molar-refractivity contribution in [3.05, 3.63) is 53.6 Å². The van der Waals surface area contributed by atoms with Gasteiger partial charge in [0.25, 0.3) is 0 Å². The lowest BCUT2D eigenvalue weighted by Gasteiger charge is -2.29. The second-order valence-corrected chi connectivity index (χ2v) is 6.35. The van der Waals surface area contributed by atoms with E-state index in [2.05, 4.69) is 43.2 Å². The van der Waals surface area contributed by atoms with Crippen molar-refractivity contribution < 1.29 is 9.13 Å². The summed E-state index contributed by atoms with van der Waals surface area (Å²) in [5.41, 5.74) is 3.09. The Hall–Kier alpha value is -2.10. The number of hydrogen-bond donors (Lipinski definition) is 1. The topological polar surface area (TPSA) is 34.2 Å². The molecule has 0 fully saturated rings.